The van der Waals surface area contributed by atoms with E-state index in [1.807, 2.05) is 0 Å². The van der Waals surface area contributed by atoms with Crippen molar-refractivity contribution in [3.63, 3.8) is 0 Å². The summed E-state index contributed by atoms with van der Waals surface area (Å²) in [5.41, 5.74) is 0. The predicted molar refractivity (Wildman–Crippen MR) is 124 cm³/mol. The fourth-order valence-corrected chi connectivity index (χ4v) is 4.48. The number of aliphatic hydroxyl groups excluding tert-OH is 7. The van der Waals surface area contributed by atoms with Crippen LogP contribution in [0.4, 0.5) is 0 Å². The van der Waals surface area contributed by atoms with E-state index in [1.54, 1.807) is 0 Å². The maximum Gasteiger partial charge on any atom is 0.187 e. The van der Waals surface area contributed by atoms with Gasteiger partial charge in [0.2, 0.25) is 0 Å². The van der Waals surface area contributed by atoms with Crippen molar-refractivity contribution < 1.29 is 54.7 Å². The van der Waals surface area contributed by atoms with Crippen LogP contribution in [0.25, 0.3) is 0 Å². The standard InChI is InChI=1S/C24H46O11/c1-2-3-4-5-6-7-8-9-10-11-12-32-23-21(31)19(29)22(16(14-26)34-23)35-24-20(30)18(28)17(27)15(13-25)33-24/h15-31H,2-14H2,1H3/t15?,16?,17-,18+,19-,20+,21+,22-,23?,24?/m0/s1. The van der Waals surface area contributed by atoms with E-state index in [2.05, 4.69) is 6.92 Å². The Hall–Kier alpha value is -0.440. The summed E-state index contributed by atoms with van der Waals surface area (Å²) in [4.78, 5) is 0. The lowest BCUT2D eigenvalue weighted by atomic mass is 9.97. The highest BCUT2D eigenvalue weighted by Crippen LogP contribution is 2.29. The highest BCUT2D eigenvalue weighted by molar-refractivity contribution is 4.94. The first-order chi connectivity index (χ1) is 16.8. The molecular formula is C24H46O11. The minimum atomic E-state index is -1.69. The number of hydrogen-bond donors (Lipinski definition) is 7. The number of hydrogen-bond acceptors (Lipinski definition) is 11. The summed E-state index contributed by atoms with van der Waals surface area (Å²) in [6, 6.07) is 0. The van der Waals surface area contributed by atoms with E-state index in [0.717, 1.165) is 19.3 Å². The Labute approximate surface area is 207 Å². The molecular weight excluding hydrogens is 464 g/mol. The van der Waals surface area contributed by atoms with Crippen molar-refractivity contribution in [1.82, 2.24) is 0 Å². The summed E-state index contributed by atoms with van der Waals surface area (Å²) in [5.74, 6) is 0. The second-order valence-corrected chi connectivity index (χ2v) is 9.56. The van der Waals surface area contributed by atoms with E-state index in [9.17, 15) is 35.7 Å². The minimum absolute atomic E-state index is 0.321. The van der Waals surface area contributed by atoms with E-state index in [1.165, 1.54) is 44.9 Å². The molecule has 208 valence electrons. The molecule has 2 fully saturated rings. The van der Waals surface area contributed by atoms with Gasteiger partial charge in [-0.25, -0.2) is 0 Å². The minimum Gasteiger partial charge on any atom is -0.394 e. The molecule has 4 unspecified atom stereocenters. The fourth-order valence-electron chi connectivity index (χ4n) is 4.48. The zero-order valence-electron chi connectivity index (χ0n) is 20.7. The molecule has 10 atom stereocenters. The number of aliphatic hydroxyl groups is 7. The largest absolute Gasteiger partial charge is 0.394 e. The Bertz CT molecular complexity index is 550. The highest BCUT2D eigenvalue weighted by Gasteiger charge is 2.50. The summed E-state index contributed by atoms with van der Waals surface area (Å²) < 4.78 is 22.0. The Balaban J connectivity index is 1.74. The van der Waals surface area contributed by atoms with Gasteiger partial charge in [-0.3, -0.25) is 0 Å². The van der Waals surface area contributed by atoms with Crippen LogP contribution in [-0.2, 0) is 18.9 Å². The quantitative estimate of drug-likeness (QED) is 0.134. The molecule has 11 nitrogen and oxygen atoms in total. The first-order valence-electron chi connectivity index (χ1n) is 13.1. The van der Waals surface area contributed by atoms with Crippen molar-refractivity contribution in [3.8, 4) is 0 Å². The lowest BCUT2D eigenvalue weighted by Gasteiger charge is -2.45. The molecule has 0 bridgehead atoms. The van der Waals surface area contributed by atoms with Crippen LogP contribution >= 0.6 is 0 Å². The van der Waals surface area contributed by atoms with Crippen LogP contribution in [0.5, 0.6) is 0 Å². The monoisotopic (exact) mass is 510 g/mol. The summed E-state index contributed by atoms with van der Waals surface area (Å²) in [6.07, 6.45) is -2.63. The summed E-state index contributed by atoms with van der Waals surface area (Å²) in [6.45, 7) is 1.31. The molecule has 2 saturated heterocycles. The molecule has 7 N–H and O–H groups in total. The molecule has 35 heavy (non-hydrogen) atoms. The van der Waals surface area contributed by atoms with Gasteiger partial charge in [-0.15, -0.1) is 0 Å². The van der Waals surface area contributed by atoms with Gasteiger partial charge in [-0.1, -0.05) is 64.7 Å². The van der Waals surface area contributed by atoms with Crippen molar-refractivity contribution in [3.05, 3.63) is 0 Å². The van der Waals surface area contributed by atoms with Crippen molar-refractivity contribution in [2.45, 2.75) is 133 Å². The third-order valence-corrected chi connectivity index (χ3v) is 6.74. The molecule has 0 spiro atoms. The SMILES string of the molecule is CCCCCCCCCCCCOC1OC(CO)[C@H](OC2OC(CO)[C@H](O)[C@@H](O)[C@H]2O)[C@@H](O)[C@H]1O. The zero-order chi connectivity index (χ0) is 25.8. The molecule has 2 aliphatic heterocycles. The summed E-state index contributed by atoms with van der Waals surface area (Å²) in [7, 11) is 0. The van der Waals surface area contributed by atoms with Gasteiger partial charge in [-0.2, -0.15) is 0 Å². The van der Waals surface area contributed by atoms with Crippen molar-refractivity contribution in [2.24, 2.45) is 0 Å². The Morgan fingerprint density at radius 2 is 1.09 bits per heavy atom. The van der Waals surface area contributed by atoms with Crippen LogP contribution in [0.15, 0.2) is 0 Å². The smallest absolute Gasteiger partial charge is 0.187 e. The molecule has 0 aliphatic carbocycles. The molecule has 2 aliphatic rings. The van der Waals surface area contributed by atoms with Gasteiger partial charge >= 0.3 is 0 Å². The lowest BCUT2D eigenvalue weighted by molar-refractivity contribution is -0.359. The van der Waals surface area contributed by atoms with Crippen molar-refractivity contribution in [1.29, 1.82) is 0 Å². The first-order valence-corrected chi connectivity index (χ1v) is 13.1. The van der Waals surface area contributed by atoms with Crippen LogP contribution in [0.3, 0.4) is 0 Å². The maximum absolute atomic E-state index is 10.6. The molecule has 0 saturated carbocycles. The Morgan fingerprint density at radius 1 is 0.571 bits per heavy atom. The average Bonchev–Trinajstić information content (AvgIpc) is 2.86. The molecule has 0 radical (unpaired) electrons. The van der Waals surface area contributed by atoms with Crippen LogP contribution < -0.4 is 0 Å². The Kier molecular flexibility index (Phi) is 14.4. The van der Waals surface area contributed by atoms with Gasteiger partial charge < -0.3 is 54.7 Å². The van der Waals surface area contributed by atoms with Gasteiger partial charge in [0.05, 0.1) is 13.2 Å². The Morgan fingerprint density at radius 3 is 1.66 bits per heavy atom. The number of ether oxygens (including phenoxy) is 4. The second kappa shape index (κ2) is 16.4. The van der Waals surface area contributed by atoms with Crippen LogP contribution in [0, 0.1) is 0 Å². The zero-order valence-corrected chi connectivity index (χ0v) is 20.7. The summed E-state index contributed by atoms with van der Waals surface area (Å²) >= 11 is 0. The van der Waals surface area contributed by atoms with Gasteiger partial charge in [0.25, 0.3) is 0 Å². The van der Waals surface area contributed by atoms with Gasteiger partial charge in [0.1, 0.15) is 48.8 Å². The normalized spacial score (nSPS) is 38.1. The van der Waals surface area contributed by atoms with E-state index in [4.69, 9.17) is 18.9 Å². The van der Waals surface area contributed by atoms with Gasteiger partial charge in [0.15, 0.2) is 12.6 Å². The molecule has 0 aromatic heterocycles. The molecule has 0 aromatic carbocycles. The fraction of sp³-hybridized carbons (Fsp3) is 1.00. The topological polar surface area (TPSA) is 179 Å². The first kappa shape index (κ1) is 30.8. The predicted octanol–water partition coefficient (Wildman–Crippen LogP) is -0.452. The second-order valence-electron chi connectivity index (χ2n) is 9.56. The highest BCUT2D eigenvalue weighted by atomic mass is 16.7. The molecule has 0 amide bonds. The maximum atomic E-state index is 10.6. The lowest BCUT2D eigenvalue weighted by Crippen LogP contribution is -2.64. The third kappa shape index (κ3) is 9.11. The van der Waals surface area contributed by atoms with Crippen LogP contribution in [0.2, 0.25) is 0 Å². The van der Waals surface area contributed by atoms with Gasteiger partial charge in [-0.05, 0) is 6.42 Å². The van der Waals surface area contributed by atoms with Gasteiger partial charge in [0, 0.05) is 6.61 Å². The molecule has 2 heterocycles. The number of rotatable bonds is 16. The number of unbranched alkanes of at least 4 members (excludes halogenated alkanes) is 9. The van der Waals surface area contributed by atoms with Crippen LogP contribution in [0.1, 0.15) is 71.1 Å². The van der Waals surface area contributed by atoms with E-state index < -0.39 is 74.6 Å². The molecule has 11 heteroatoms. The summed E-state index contributed by atoms with van der Waals surface area (Å²) in [5, 5.41) is 70.1. The average molecular weight is 511 g/mol. The van der Waals surface area contributed by atoms with Crippen LogP contribution in [-0.4, -0.2) is 117 Å². The van der Waals surface area contributed by atoms with Crippen molar-refractivity contribution in [2.75, 3.05) is 19.8 Å². The van der Waals surface area contributed by atoms with E-state index in [0.29, 0.717) is 6.61 Å². The molecule has 0 aromatic rings. The van der Waals surface area contributed by atoms with E-state index in [-0.39, 0.29) is 0 Å². The third-order valence-electron chi connectivity index (χ3n) is 6.74. The van der Waals surface area contributed by atoms with Crippen molar-refractivity contribution >= 4 is 0 Å². The molecule has 2 rings (SSSR count). The van der Waals surface area contributed by atoms with E-state index >= 15 is 0 Å².